The lowest BCUT2D eigenvalue weighted by atomic mass is 10.0. The summed E-state index contributed by atoms with van der Waals surface area (Å²) in [5, 5.41) is 1.06. The molecule has 3 aromatic rings. The average Bonchev–Trinajstić information content (AvgIpc) is 2.77. The van der Waals surface area contributed by atoms with E-state index in [1.54, 1.807) is 12.0 Å². The van der Waals surface area contributed by atoms with Crippen LogP contribution in [-0.4, -0.2) is 55.8 Å². The third-order valence-corrected chi connectivity index (χ3v) is 5.08. The summed E-state index contributed by atoms with van der Waals surface area (Å²) >= 11 is 0. The van der Waals surface area contributed by atoms with Crippen LogP contribution in [-0.2, 0) is 9.53 Å². The molecule has 1 aliphatic heterocycles. The zero-order chi connectivity index (χ0) is 20.2. The van der Waals surface area contributed by atoms with E-state index >= 15 is 0 Å². The molecule has 2 heterocycles. The van der Waals surface area contributed by atoms with E-state index in [9.17, 15) is 4.79 Å². The van der Waals surface area contributed by atoms with Gasteiger partial charge in [-0.1, -0.05) is 12.1 Å². The molecular weight excluding hydrogens is 368 g/mol. The fourth-order valence-corrected chi connectivity index (χ4v) is 3.45. The highest BCUT2D eigenvalue weighted by Crippen LogP contribution is 2.28. The lowest BCUT2D eigenvalue weighted by molar-refractivity contribution is -0.137. The zero-order valence-corrected chi connectivity index (χ0v) is 16.7. The zero-order valence-electron chi connectivity index (χ0n) is 16.7. The Morgan fingerprint density at radius 2 is 1.93 bits per heavy atom. The second kappa shape index (κ2) is 8.49. The van der Waals surface area contributed by atoms with Gasteiger partial charge in [0.25, 0.3) is 5.91 Å². The van der Waals surface area contributed by atoms with Gasteiger partial charge in [-0.3, -0.25) is 4.79 Å². The van der Waals surface area contributed by atoms with E-state index in [4.69, 9.17) is 19.2 Å². The number of rotatable bonds is 5. The van der Waals surface area contributed by atoms with Gasteiger partial charge < -0.3 is 19.1 Å². The Labute approximate surface area is 170 Å². The van der Waals surface area contributed by atoms with Crippen molar-refractivity contribution in [2.75, 3.05) is 40.0 Å². The van der Waals surface area contributed by atoms with Gasteiger partial charge >= 0.3 is 0 Å². The Morgan fingerprint density at radius 3 is 2.72 bits per heavy atom. The van der Waals surface area contributed by atoms with Crippen LogP contribution in [0.4, 0.5) is 0 Å². The molecule has 150 valence electrons. The van der Waals surface area contributed by atoms with E-state index in [0.717, 1.165) is 33.5 Å². The predicted octanol–water partition coefficient (Wildman–Crippen LogP) is 3.46. The van der Waals surface area contributed by atoms with Gasteiger partial charge in [-0.15, -0.1) is 0 Å². The first kappa shape index (κ1) is 19.2. The number of carbonyl (C=O) groups excluding carboxylic acids is 1. The maximum atomic E-state index is 12.3. The number of hydrogen-bond donors (Lipinski definition) is 0. The summed E-state index contributed by atoms with van der Waals surface area (Å²) in [4.78, 5) is 18.9. The molecule has 29 heavy (non-hydrogen) atoms. The summed E-state index contributed by atoms with van der Waals surface area (Å²) in [5.41, 5.74) is 3.82. The van der Waals surface area contributed by atoms with Crippen molar-refractivity contribution in [2.24, 2.45) is 0 Å². The first-order valence-corrected chi connectivity index (χ1v) is 9.68. The third-order valence-electron chi connectivity index (χ3n) is 5.08. The smallest absolute Gasteiger partial charge is 0.260 e. The molecule has 0 spiro atoms. The van der Waals surface area contributed by atoms with Crippen molar-refractivity contribution in [3.05, 3.63) is 54.1 Å². The average molecular weight is 392 g/mol. The highest BCUT2D eigenvalue weighted by Gasteiger charge is 2.17. The van der Waals surface area contributed by atoms with Gasteiger partial charge in [-0.25, -0.2) is 4.98 Å². The molecule has 1 saturated heterocycles. The van der Waals surface area contributed by atoms with Crippen LogP contribution < -0.4 is 9.47 Å². The van der Waals surface area contributed by atoms with Crippen LogP contribution in [0.2, 0.25) is 0 Å². The molecule has 0 aliphatic carbocycles. The van der Waals surface area contributed by atoms with Crippen molar-refractivity contribution < 1.29 is 19.0 Å². The van der Waals surface area contributed by atoms with Crippen molar-refractivity contribution in [1.29, 1.82) is 0 Å². The second-order valence-corrected chi connectivity index (χ2v) is 7.02. The van der Waals surface area contributed by atoms with Gasteiger partial charge in [0.15, 0.2) is 6.61 Å². The van der Waals surface area contributed by atoms with Crippen LogP contribution in [0.3, 0.4) is 0 Å². The van der Waals surface area contributed by atoms with Crippen molar-refractivity contribution in [2.45, 2.75) is 6.92 Å². The molecule has 1 aromatic heterocycles. The minimum Gasteiger partial charge on any atom is -0.497 e. The standard InChI is InChI=1S/C23H24N2O4/c1-16-12-21(17-4-3-5-18(13-17)27-2)24-22-14-19(6-7-20(16)22)29-15-23(26)25-8-10-28-11-9-25/h3-7,12-14H,8-11,15H2,1-2H3. The lowest BCUT2D eigenvalue weighted by Gasteiger charge is -2.26. The summed E-state index contributed by atoms with van der Waals surface area (Å²) in [7, 11) is 1.65. The Bertz CT molecular complexity index is 1030. The highest BCUT2D eigenvalue weighted by atomic mass is 16.5. The monoisotopic (exact) mass is 392 g/mol. The number of aryl methyl sites for hydroxylation is 1. The van der Waals surface area contributed by atoms with E-state index in [0.29, 0.717) is 32.1 Å². The molecule has 4 rings (SSSR count). The number of methoxy groups -OCH3 is 1. The first-order valence-electron chi connectivity index (χ1n) is 9.68. The Balaban J connectivity index is 1.56. The number of ether oxygens (including phenoxy) is 3. The maximum absolute atomic E-state index is 12.3. The molecule has 0 bridgehead atoms. The number of aromatic nitrogens is 1. The summed E-state index contributed by atoms with van der Waals surface area (Å²) in [6, 6.07) is 15.7. The van der Waals surface area contributed by atoms with Crippen LogP contribution in [0.1, 0.15) is 5.56 Å². The second-order valence-electron chi connectivity index (χ2n) is 7.02. The van der Waals surface area contributed by atoms with Crippen molar-refractivity contribution in [1.82, 2.24) is 9.88 Å². The SMILES string of the molecule is COc1cccc(-c2cc(C)c3ccc(OCC(=O)N4CCOCC4)cc3n2)c1. The molecular formula is C23H24N2O4. The van der Waals surface area contributed by atoms with E-state index < -0.39 is 0 Å². The van der Waals surface area contributed by atoms with Crippen LogP contribution >= 0.6 is 0 Å². The van der Waals surface area contributed by atoms with Crippen molar-refractivity contribution in [3.63, 3.8) is 0 Å². The topological polar surface area (TPSA) is 60.9 Å². The minimum absolute atomic E-state index is 0.0140. The quantitative estimate of drug-likeness (QED) is 0.666. The first-order chi connectivity index (χ1) is 14.1. The normalized spacial score (nSPS) is 14.1. The van der Waals surface area contributed by atoms with Crippen molar-refractivity contribution in [3.8, 4) is 22.8 Å². The lowest BCUT2D eigenvalue weighted by Crippen LogP contribution is -2.42. The van der Waals surface area contributed by atoms with Crippen molar-refractivity contribution >= 4 is 16.8 Å². The largest absolute Gasteiger partial charge is 0.497 e. The summed E-state index contributed by atoms with van der Waals surface area (Å²) in [6.07, 6.45) is 0. The summed E-state index contributed by atoms with van der Waals surface area (Å²) in [5.74, 6) is 1.40. The Morgan fingerprint density at radius 1 is 1.10 bits per heavy atom. The predicted molar refractivity (Wildman–Crippen MR) is 111 cm³/mol. The molecule has 0 saturated carbocycles. The molecule has 1 amide bonds. The van der Waals surface area contributed by atoms with Gasteiger partial charge in [0.2, 0.25) is 0 Å². The molecule has 1 aliphatic rings. The summed E-state index contributed by atoms with van der Waals surface area (Å²) < 4.78 is 16.4. The molecule has 6 nitrogen and oxygen atoms in total. The Hall–Kier alpha value is -3.12. The minimum atomic E-state index is -0.0253. The van der Waals surface area contributed by atoms with Crippen LogP contribution in [0, 0.1) is 6.92 Å². The fraction of sp³-hybridized carbons (Fsp3) is 0.304. The van der Waals surface area contributed by atoms with Crippen LogP contribution in [0.15, 0.2) is 48.5 Å². The molecule has 2 aromatic carbocycles. The molecule has 0 radical (unpaired) electrons. The van der Waals surface area contributed by atoms with Crippen LogP contribution in [0.25, 0.3) is 22.2 Å². The number of amides is 1. The number of benzene rings is 2. The van der Waals surface area contributed by atoms with E-state index in [2.05, 4.69) is 13.0 Å². The Kier molecular flexibility index (Phi) is 5.62. The van der Waals surface area contributed by atoms with E-state index in [1.165, 1.54) is 0 Å². The van der Waals surface area contributed by atoms with E-state index in [1.807, 2.05) is 42.5 Å². The molecule has 0 N–H and O–H groups in total. The number of nitrogens with zero attached hydrogens (tertiary/aromatic N) is 2. The molecule has 0 atom stereocenters. The maximum Gasteiger partial charge on any atom is 0.260 e. The fourth-order valence-electron chi connectivity index (χ4n) is 3.45. The highest BCUT2D eigenvalue weighted by molar-refractivity contribution is 5.86. The van der Waals surface area contributed by atoms with Gasteiger partial charge in [0.05, 0.1) is 31.5 Å². The number of carbonyl (C=O) groups is 1. The van der Waals surface area contributed by atoms with Crippen LogP contribution in [0.5, 0.6) is 11.5 Å². The van der Waals surface area contributed by atoms with Gasteiger partial charge in [0, 0.05) is 30.1 Å². The number of fused-ring (bicyclic) bond motifs is 1. The van der Waals surface area contributed by atoms with Gasteiger partial charge in [-0.2, -0.15) is 0 Å². The molecule has 0 unspecified atom stereocenters. The third kappa shape index (κ3) is 4.32. The number of morpholine rings is 1. The summed E-state index contributed by atoms with van der Waals surface area (Å²) in [6.45, 7) is 4.47. The molecule has 6 heteroatoms. The number of hydrogen-bond acceptors (Lipinski definition) is 5. The van der Waals surface area contributed by atoms with Gasteiger partial charge in [-0.05, 0) is 42.8 Å². The number of pyridine rings is 1. The van der Waals surface area contributed by atoms with Gasteiger partial charge in [0.1, 0.15) is 11.5 Å². The molecule has 1 fully saturated rings. The van der Waals surface area contributed by atoms with E-state index in [-0.39, 0.29) is 12.5 Å².